The highest BCUT2D eigenvalue weighted by molar-refractivity contribution is 7.47. The van der Waals surface area contributed by atoms with E-state index in [1.54, 1.807) is 0 Å². The summed E-state index contributed by atoms with van der Waals surface area (Å²) in [6.07, 6.45) is 110. The van der Waals surface area contributed by atoms with Crippen molar-refractivity contribution >= 4 is 19.8 Å². The summed E-state index contributed by atoms with van der Waals surface area (Å²) in [7, 11) is -4.40. The summed E-state index contributed by atoms with van der Waals surface area (Å²) in [6.45, 7) is 3.72. The zero-order chi connectivity index (χ0) is 70.0. The van der Waals surface area contributed by atoms with Crippen molar-refractivity contribution in [3.8, 4) is 0 Å². The molecule has 2 unspecified atom stereocenters. The molecule has 0 aliphatic carbocycles. The Bertz CT molecular complexity index is 1780. The molecule has 0 aromatic heterocycles. The van der Waals surface area contributed by atoms with Crippen molar-refractivity contribution in [2.75, 3.05) is 26.4 Å². The maximum Gasteiger partial charge on any atom is 0.472 e. The molecule has 0 saturated carbocycles. The highest BCUT2D eigenvalue weighted by Gasteiger charge is 2.26. The van der Waals surface area contributed by atoms with Gasteiger partial charge in [0.25, 0.3) is 0 Å². The number of ether oxygens (including phenoxy) is 2. The van der Waals surface area contributed by atoms with Crippen LogP contribution in [-0.4, -0.2) is 49.3 Å². The Morgan fingerprint density at radius 2 is 0.567 bits per heavy atom. The second kappa shape index (κ2) is 82.7. The van der Waals surface area contributed by atoms with Crippen LogP contribution in [0.5, 0.6) is 0 Å². The van der Waals surface area contributed by atoms with E-state index in [0.29, 0.717) is 6.42 Å². The van der Waals surface area contributed by atoms with Crippen molar-refractivity contribution in [2.45, 2.75) is 457 Å². The number of phosphoric acid groups is 1. The molecule has 97 heavy (non-hydrogen) atoms. The van der Waals surface area contributed by atoms with Gasteiger partial charge in [0, 0.05) is 19.4 Å². The second-order valence-electron chi connectivity index (χ2n) is 29.0. The van der Waals surface area contributed by atoms with Gasteiger partial charge < -0.3 is 20.1 Å². The van der Waals surface area contributed by atoms with Gasteiger partial charge in [0.2, 0.25) is 0 Å². The van der Waals surface area contributed by atoms with Crippen LogP contribution in [0.1, 0.15) is 450 Å². The number of esters is 2. The SMILES string of the molecule is CC/C=C\C/C=C\C/C=C\C/C=C\C/C=C\CCCCCCCCCCCCCCCCCCCCCC(=O)OC(COC(=O)CCCCCCCCCCCCCCCCCCCCCCCCCCCCCCCCCCCCCCCCCCC)COP(=O)(O)OCCN. The zero-order valence-electron chi connectivity index (χ0n) is 64.6. The van der Waals surface area contributed by atoms with Gasteiger partial charge in [0.1, 0.15) is 6.61 Å². The summed E-state index contributed by atoms with van der Waals surface area (Å²) in [5, 5.41) is 0. The maximum absolute atomic E-state index is 12.8. The molecule has 0 aromatic rings. The van der Waals surface area contributed by atoms with E-state index < -0.39 is 26.5 Å². The number of hydrogen-bond acceptors (Lipinski definition) is 8. The monoisotopic (exact) mass is 1380 g/mol. The number of carbonyl (C=O) groups excluding carboxylic acids is 2. The van der Waals surface area contributed by atoms with Crippen molar-refractivity contribution in [2.24, 2.45) is 5.73 Å². The van der Waals surface area contributed by atoms with Crippen LogP contribution < -0.4 is 5.73 Å². The second-order valence-corrected chi connectivity index (χ2v) is 30.5. The fourth-order valence-electron chi connectivity index (χ4n) is 13.1. The molecule has 2 atom stereocenters. The van der Waals surface area contributed by atoms with Crippen molar-refractivity contribution in [3.05, 3.63) is 60.8 Å². The molecular weight excluding hydrogens is 1220 g/mol. The standard InChI is InChI=1S/C87H164NO8P/c1-3-5-7-9-11-13-15-17-19-21-23-25-27-29-31-33-35-37-39-40-41-42-43-44-46-47-49-51-53-55-57-59-61-63-65-67-69-71-73-75-77-79-86(89)93-83-85(84-95-97(91,92)94-82-81-88)96-87(90)80-78-76-74-72-70-68-66-64-62-60-58-56-54-52-50-48-45-38-36-34-32-30-28-26-24-22-20-18-16-14-12-10-8-6-4-2/h6,8,12,14,18,20,24,26,30,32,85H,3-5,7,9-11,13,15-17,19,21-23,25,27-29,31,33-84,88H2,1-2H3,(H,91,92)/b8-6-,14-12-,20-18-,26-24-,32-30-. The van der Waals surface area contributed by atoms with Gasteiger partial charge in [-0.15, -0.1) is 0 Å². The van der Waals surface area contributed by atoms with E-state index in [2.05, 4.69) is 74.6 Å². The molecule has 3 N–H and O–H groups in total. The predicted octanol–water partition coefficient (Wildman–Crippen LogP) is 28.9. The molecule has 0 spiro atoms. The molecule has 10 heteroatoms. The summed E-state index contributed by atoms with van der Waals surface area (Å²) >= 11 is 0. The van der Waals surface area contributed by atoms with E-state index in [1.807, 2.05) is 0 Å². The molecule has 0 fully saturated rings. The first-order chi connectivity index (χ1) is 47.8. The number of unbranched alkanes of at least 4 members (excludes halogenated alkanes) is 59. The topological polar surface area (TPSA) is 134 Å². The smallest absolute Gasteiger partial charge is 0.462 e. The van der Waals surface area contributed by atoms with Gasteiger partial charge in [0.15, 0.2) is 6.10 Å². The zero-order valence-corrected chi connectivity index (χ0v) is 65.5. The minimum atomic E-state index is -4.40. The van der Waals surface area contributed by atoms with Gasteiger partial charge >= 0.3 is 19.8 Å². The highest BCUT2D eigenvalue weighted by atomic mass is 31.2. The molecule has 0 heterocycles. The van der Waals surface area contributed by atoms with Crippen LogP contribution in [0.15, 0.2) is 60.8 Å². The van der Waals surface area contributed by atoms with Gasteiger partial charge in [-0.05, 0) is 57.8 Å². The molecular formula is C87H164NO8P. The van der Waals surface area contributed by atoms with Crippen molar-refractivity contribution in [1.29, 1.82) is 0 Å². The van der Waals surface area contributed by atoms with Gasteiger partial charge in [-0.3, -0.25) is 18.6 Å². The molecule has 0 aromatic carbocycles. The maximum atomic E-state index is 12.8. The normalized spacial score (nSPS) is 13.1. The van der Waals surface area contributed by atoms with Crippen LogP contribution in [0.4, 0.5) is 0 Å². The lowest BCUT2D eigenvalue weighted by molar-refractivity contribution is -0.161. The Labute approximate surface area is 603 Å². The van der Waals surface area contributed by atoms with Crippen LogP contribution in [0.25, 0.3) is 0 Å². The van der Waals surface area contributed by atoms with Gasteiger partial charge in [-0.2, -0.15) is 0 Å². The molecule has 0 radical (unpaired) electrons. The molecule has 9 nitrogen and oxygen atoms in total. The van der Waals surface area contributed by atoms with Crippen LogP contribution >= 0.6 is 7.82 Å². The third-order valence-corrected chi connectivity index (χ3v) is 20.4. The summed E-state index contributed by atoms with van der Waals surface area (Å²) in [4.78, 5) is 35.5. The van der Waals surface area contributed by atoms with Crippen molar-refractivity contribution in [3.63, 3.8) is 0 Å². The number of hydrogen-bond donors (Lipinski definition) is 2. The largest absolute Gasteiger partial charge is 0.472 e. The number of carbonyl (C=O) groups is 2. The first-order valence-corrected chi connectivity index (χ1v) is 44.3. The molecule has 0 rings (SSSR count). The van der Waals surface area contributed by atoms with Crippen molar-refractivity contribution < 1.29 is 37.6 Å². The number of phosphoric ester groups is 1. The van der Waals surface area contributed by atoms with Gasteiger partial charge in [-0.25, -0.2) is 4.57 Å². The molecule has 0 amide bonds. The van der Waals surface area contributed by atoms with Crippen LogP contribution in [-0.2, 0) is 32.7 Å². The van der Waals surface area contributed by atoms with Crippen LogP contribution in [0.2, 0.25) is 0 Å². The fourth-order valence-corrected chi connectivity index (χ4v) is 13.9. The first kappa shape index (κ1) is 94.7. The number of allylic oxidation sites excluding steroid dienone is 10. The van der Waals surface area contributed by atoms with E-state index >= 15 is 0 Å². The average molecular weight is 1380 g/mol. The summed E-state index contributed by atoms with van der Waals surface area (Å²) in [5.41, 5.74) is 5.42. The lowest BCUT2D eigenvalue weighted by atomic mass is 10.0. The Morgan fingerprint density at radius 3 is 0.845 bits per heavy atom. The Hall–Kier alpha value is -2.29. The fraction of sp³-hybridized carbons (Fsp3) is 0.862. The minimum absolute atomic E-state index is 0.0553. The Kier molecular flexibility index (Phi) is 80.7. The third kappa shape index (κ3) is 82.6. The molecule has 0 aliphatic rings. The van der Waals surface area contributed by atoms with Crippen LogP contribution in [0.3, 0.4) is 0 Å². The van der Waals surface area contributed by atoms with E-state index in [9.17, 15) is 19.0 Å². The summed E-state index contributed by atoms with van der Waals surface area (Å²) < 4.78 is 33.3. The number of nitrogens with two attached hydrogens (primary N) is 1. The van der Waals surface area contributed by atoms with E-state index in [0.717, 1.165) is 64.2 Å². The molecule has 0 bridgehead atoms. The predicted molar refractivity (Wildman–Crippen MR) is 423 cm³/mol. The molecule has 570 valence electrons. The average Bonchev–Trinajstić information content (AvgIpc) is 2.69. The lowest BCUT2D eigenvalue weighted by Gasteiger charge is -2.19. The van der Waals surface area contributed by atoms with E-state index in [-0.39, 0.29) is 38.6 Å². The van der Waals surface area contributed by atoms with Gasteiger partial charge in [0.05, 0.1) is 13.2 Å². The Morgan fingerprint density at radius 1 is 0.320 bits per heavy atom. The Balaban J connectivity index is 3.71. The molecule has 0 saturated heterocycles. The summed E-state index contributed by atoms with van der Waals surface area (Å²) in [6, 6.07) is 0. The van der Waals surface area contributed by atoms with Gasteiger partial charge in [-0.1, -0.05) is 441 Å². The van der Waals surface area contributed by atoms with E-state index in [4.69, 9.17) is 24.3 Å². The quantitative estimate of drug-likeness (QED) is 0.0264. The number of rotatable bonds is 82. The van der Waals surface area contributed by atoms with Crippen molar-refractivity contribution in [1.82, 2.24) is 0 Å². The summed E-state index contributed by atoms with van der Waals surface area (Å²) in [5.74, 6) is -0.803. The van der Waals surface area contributed by atoms with E-state index in [1.165, 1.54) is 353 Å². The third-order valence-electron chi connectivity index (χ3n) is 19.4. The highest BCUT2D eigenvalue weighted by Crippen LogP contribution is 2.43. The molecule has 0 aliphatic heterocycles. The van der Waals surface area contributed by atoms with Crippen LogP contribution in [0, 0.1) is 0 Å². The lowest BCUT2D eigenvalue weighted by Crippen LogP contribution is -2.29. The minimum Gasteiger partial charge on any atom is -0.462 e. The first-order valence-electron chi connectivity index (χ1n) is 42.8.